The summed E-state index contributed by atoms with van der Waals surface area (Å²) in [7, 11) is 0. The van der Waals surface area contributed by atoms with Crippen molar-refractivity contribution in [1.29, 1.82) is 0 Å². The van der Waals surface area contributed by atoms with Crippen LogP contribution in [0, 0.1) is 0 Å². The van der Waals surface area contributed by atoms with E-state index in [2.05, 4.69) is 33.5 Å². The fourth-order valence-electron chi connectivity index (χ4n) is 1.36. The van der Waals surface area contributed by atoms with Crippen molar-refractivity contribution in [3.05, 3.63) is 48.2 Å². The predicted molar refractivity (Wildman–Crippen MR) is 55.3 cm³/mol. The van der Waals surface area contributed by atoms with E-state index >= 15 is 0 Å². The SMILES string of the molecule is BrCC1(c2ccccc2)C=CON1. The molecule has 1 heterocycles. The highest BCUT2D eigenvalue weighted by Gasteiger charge is 2.31. The van der Waals surface area contributed by atoms with E-state index in [1.165, 1.54) is 5.56 Å². The van der Waals surface area contributed by atoms with Gasteiger partial charge in [0.1, 0.15) is 11.8 Å². The van der Waals surface area contributed by atoms with Crippen LogP contribution in [-0.2, 0) is 10.4 Å². The van der Waals surface area contributed by atoms with Gasteiger partial charge in [0.15, 0.2) is 0 Å². The summed E-state index contributed by atoms with van der Waals surface area (Å²) in [6, 6.07) is 10.2. The maximum atomic E-state index is 5.05. The lowest BCUT2D eigenvalue weighted by Crippen LogP contribution is -2.37. The van der Waals surface area contributed by atoms with Crippen molar-refractivity contribution in [1.82, 2.24) is 5.48 Å². The lowest BCUT2D eigenvalue weighted by molar-refractivity contribution is 0.108. The van der Waals surface area contributed by atoms with Gasteiger partial charge in [0, 0.05) is 5.33 Å². The molecule has 0 amide bonds. The molecule has 2 rings (SSSR count). The van der Waals surface area contributed by atoms with Gasteiger partial charge < -0.3 is 4.84 Å². The van der Waals surface area contributed by atoms with Crippen molar-refractivity contribution >= 4 is 15.9 Å². The molecule has 1 aliphatic rings. The van der Waals surface area contributed by atoms with E-state index in [0.29, 0.717) is 0 Å². The highest BCUT2D eigenvalue weighted by Crippen LogP contribution is 2.28. The van der Waals surface area contributed by atoms with Gasteiger partial charge in [-0.3, -0.25) is 0 Å². The molecular weight excluding hydrogens is 230 g/mol. The first-order chi connectivity index (χ1) is 6.37. The van der Waals surface area contributed by atoms with Crippen LogP contribution < -0.4 is 5.48 Å². The number of hydrogen-bond acceptors (Lipinski definition) is 2. The number of hydroxylamine groups is 1. The van der Waals surface area contributed by atoms with E-state index in [1.54, 1.807) is 6.26 Å². The minimum Gasteiger partial charge on any atom is -0.416 e. The second kappa shape index (κ2) is 3.52. The molecule has 0 radical (unpaired) electrons. The van der Waals surface area contributed by atoms with E-state index in [9.17, 15) is 0 Å². The van der Waals surface area contributed by atoms with Gasteiger partial charge >= 0.3 is 0 Å². The van der Waals surface area contributed by atoms with Gasteiger partial charge in [-0.05, 0) is 11.6 Å². The normalized spacial score (nSPS) is 25.9. The minimum atomic E-state index is -0.207. The molecule has 0 saturated carbocycles. The zero-order valence-corrected chi connectivity index (χ0v) is 8.62. The van der Waals surface area contributed by atoms with Crippen LogP contribution in [-0.4, -0.2) is 5.33 Å². The van der Waals surface area contributed by atoms with Crippen LogP contribution in [0.4, 0.5) is 0 Å². The van der Waals surface area contributed by atoms with Crippen LogP contribution >= 0.6 is 15.9 Å². The molecule has 3 heteroatoms. The van der Waals surface area contributed by atoms with Crippen molar-refractivity contribution in [3.8, 4) is 0 Å². The third-order valence-electron chi connectivity index (χ3n) is 2.16. The topological polar surface area (TPSA) is 21.3 Å². The standard InChI is InChI=1S/C10H10BrNO/c11-8-10(6-7-13-12-10)9-4-2-1-3-5-9/h1-7,12H,8H2. The molecule has 1 atom stereocenters. The minimum absolute atomic E-state index is 0.207. The lowest BCUT2D eigenvalue weighted by atomic mass is 9.94. The van der Waals surface area contributed by atoms with Crippen molar-refractivity contribution in [2.45, 2.75) is 5.54 Å². The van der Waals surface area contributed by atoms with Crippen molar-refractivity contribution in [3.63, 3.8) is 0 Å². The van der Waals surface area contributed by atoms with Crippen molar-refractivity contribution in [2.24, 2.45) is 0 Å². The first-order valence-electron chi connectivity index (χ1n) is 4.09. The molecule has 0 aliphatic carbocycles. The monoisotopic (exact) mass is 239 g/mol. The third kappa shape index (κ3) is 1.49. The molecule has 1 unspecified atom stereocenters. The van der Waals surface area contributed by atoms with Gasteiger partial charge in [0.25, 0.3) is 0 Å². The van der Waals surface area contributed by atoms with Crippen LogP contribution in [0.25, 0.3) is 0 Å². The van der Waals surface area contributed by atoms with Crippen LogP contribution in [0.1, 0.15) is 5.56 Å². The van der Waals surface area contributed by atoms with Gasteiger partial charge in [0.2, 0.25) is 0 Å². The molecule has 13 heavy (non-hydrogen) atoms. The number of nitrogens with one attached hydrogen (secondary N) is 1. The second-order valence-corrected chi connectivity index (χ2v) is 3.55. The summed E-state index contributed by atoms with van der Waals surface area (Å²) in [5, 5.41) is 0.792. The molecule has 0 bridgehead atoms. The summed E-state index contributed by atoms with van der Waals surface area (Å²) in [6.45, 7) is 0. The molecule has 0 saturated heterocycles. The highest BCUT2D eigenvalue weighted by atomic mass is 79.9. The van der Waals surface area contributed by atoms with Crippen molar-refractivity contribution in [2.75, 3.05) is 5.33 Å². The average Bonchev–Trinajstić information content (AvgIpc) is 2.69. The Balaban J connectivity index is 2.37. The maximum absolute atomic E-state index is 5.05. The lowest BCUT2D eigenvalue weighted by Gasteiger charge is -2.23. The highest BCUT2D eigenvalue weighted by molar-refractivity contribution is 9.09. The quantitative estimate of drug-likeness (QED) is 0.801. The summed E-state index contributed by atoms with van der Waals surface area (Å²) in [4.78, 5) is 5.05. The average molecular weight is 240 g/mol. The van der Waals surface area contributed by atoms with Gasteiger partial charge in [-0.25, -0.2) is 0 Å². The number of alkyl halides is 1. The maximum Gasteiger partial charge on any atom is 0.110 e. The Bertz CT molecular complexity index is 312. The Labute approximate surface area is 85.7 Å². The Morgan fingerprint density at radius 3 is 2.62 bits per heavy atom. The first kappa shape index (κ1) is 8.78. The van der Waals surface area contributed by atoms with E-state index in [1.807, 2.05) is 24.3 Å². The van der Waals surface area contributed by atoms with E-state index in [0.717, 1.165) is 5.33 Å². The molecule has 0 fully saturated rings. The Hall–Kier alpha value is -0.800. The summed E-state index contributed by atoms with van der Waals surface area (Å²) in [5.74, 6) is 0. The number of benzene rings is 1. The van der Waals surface area contributed by atoms with Gasteiger partial charge in [-0.2, -0.15) is 0 Å². The number of rotatable bonds is 2. The molecule has 1 aromatic carbocycles. The number of halogens is 1. The molecular formula is C10H10BrNO. The molecule has 68 valence electrons. The largest absolute Gasteiger partial charge is 0.416 e. The summed E-state index contributed by atoms with van der Waals surface area (Å²) in [5.41, 5.74) is 3.97. The Morgan fingerprint density at radius 1 is 1.31 bits per heavy atom. The zero-order valence-electron chi connectivity index (χ0n) is 7.03. The Morgan fingerprint density at radius 2 is 2.08 bits per heavy atom. The van der Waals surface area contributed by atoms with E-state index < -0.39 is 0 Å². The van der Waals surface area contributed by atoms with Crippen LogP contribution in [0.3, 0.4) is 0 Å². The molecule has 0 aromatic heterocycles. The molecule has 0 spiro atoms. The first-order valence-corrected chi connectivity index (χ1v) is 5.21. The summed E-state index contributed by atoms with van der Waals surface area (Å²) >= 11 is 3.48. The van der Waals surface area contributed by atoms with E-state index in [4.69, 9.17) is 4.84 Å². The van der Waals surface area contributed by atoms with Crippen LogP contribution in [0.15, 0.2) is 42.7 Å². The van der Waals surface area contributed by atoms with Gasteiger partial charge in [-0.15, -0.1) is 5.48 Å². The molecule has 2 nitrogen and oxygen atoms in total. The van der Waals surface area contributed by atoms with Crippen LogP contribution in [0.2, 0.25) is 0 Å². The van der Waals surface area contributed by atoms with E-state index in [-0.39, 0.29) is 5.54 Å². The molecule has 1 aromatic rings. The van der Waals surface area contributed by atoms with Crippen molar-refractivity contribution < 1.29 is 4.84 Å². The summed E-state index contributed by atoms with van der Waals surface area (Å²) in [6.07, 6.45) is 3.69. The fourth-order valence-corrected chi connectivity index (χ4v) is 1.99. The smallest absolute Gasteiger partial charge is 0.110 e. The van der Waals surface area contributed by atoms with Crippen LogP contribution in [0.5, 0.6) is 0 Å². The predicted octanol–water partition coefficient (Wildman–Crippen LogP) is 2.33. The Kier molecular flexibility index (Phi) is 2.38. The second-order valence-electron chi connectivity index (χ2n) is 2.99. The molecule has 1 N–H and O–H groups in total. The third-order valence-corrected chi connectivity index (χ3v) is 3.05. The summed E-state index contributed by atoms with van der Waals surface area (Å²) < 4.78 is 0. The molecule has 1 aliphatic heterocycles. The van der Waals surface area contributed by atoms with Gasteiger partial charge in [-0.1, -0.05) is 46.3 Å². The number of hydrogen-bond donors (Lipinski definition) is 1. The zero-order chi connectivity index (χ0) is 9.15. The fraction of sp³-hybridized carbons (Fsp3) is 0.200. The van der Waals surface area contributed by atoms with Gasteiger partial charge in [0.05, 0.1) is 0 Å².